The van der Waals surface area contributed by atoms with E-state index in [-0.39, 0.29) is 11.9 Å². The van der Waals surface area contributed by atoms with Gasteiger partial charge < -0.3 is 15.2 Å². The molecular weight excluding hydrogens is 216 g/mol. The van der Waals surface area contributed by atoms with Crippen LogP contribution in [0.1, 0.15) is 43.2 Å². The van der Waals surface area contributed by atoms with Gasteiger partial charge in [0.25, 0.3) is 5.91 Å². The molecule has 94 valence electrons. The molecule has 1 aromatic heterocycles. The molecule has 1 saturated heterocycles. The van der Waals surface area contributed by atoms with Crippen molar-refractivity contribution >= 4 is 5.91 Å². The Morgan fingerprint density at radius 2 is 2.24 bits per heavy atom. The first-order chi connectivity index (χ1) is 8.16. The molecule has 2 N–H and O–H groups in total. The molecule has 2 rings (SSSR count). The van der Waals surface area contributed by atoms with Crippen molar-refractivity contribution < 1.29 is 4.79 Å². The summed E-state index contributed by atoms with van der Waals surface area (Å²) in [6, 6.07) is 0.621. The summed E-state index contributed by atoms with van der Waals surface area (Å²) >= 11 is 0. The van der Waals surface area contributed by atoms with E-state index in [9.17, 15) is 4.79 Å². The molecule has 0 unspecified atom stereocenters. The first kappa shape index (κ1) is 12.1. The zero-order chi connectivity index (χ0) is 12.3. The molecule has 1 aliphatic rings. The van der Waals surface area contributed by atoms with Crippen molar-refractivity contribution in [1.82, 2.24) is 20.2 Å². The summed E-state index contributed by atoms with van der Waals surface area (Å²) in [7, 11) is 0. The van der Waals surface area contributed by atoms with Crippen molar-refractivity contribution in [1.29, 1.82) is 0 Å². The number of rotatable bonds is 3. The van der Waals surface area contributed by atoms with E-state index in [0.29, 0.717) is 11.7 Å². The van der Waals surface area contributed by atoms with Gasteiger partial charge in [-0.25, -0.2) is 4.98 Å². The van der Waals surface area contributed by atoms with E-state index in [1.54, 1.807) is 6.33 Å². The van der Waals surface area contributed by atoms with Crippen molar-refractivity contribution in [3.63, 3.8) is 0 Å². The number of piperidine rings is 1. The molecule has 1 aliphatic heterocycles. The fraction of sp³-hybridized carbons (Fsp3) is 0.667. The summed E-state index contributed by atoms with van der Waals surface area (Å²) in [5.74, 6) is -0.0901. The van der Waals surface area contributed by atoms with Gasteiger partial charge in [-0.3, -0.25) is 4.79 Å². The molecule has 17 heavy (non-hydrogen) atoms. The molecule has 0 saturated carbocycles. The third-order valence-electron chi connectivity index (χ3n) is 2.98. The van der Waals surface area contributed by atoms with Crippen LogP contribution in [0.15, 0.2) is 12.5 Å². The van der Waals surface area contributed by atoms with Gasteiger partial charge in [0.2, 0.25) is 0 Å². The van der Waals surface area contributed by atoms with Crippen LogP contribution in [0.3, 0.4) is 0 Å². The van der Waals surface area contributed by atoms with Crippen LogP contribution in [-0.4, -0.2) is 34.6 Å². The van der Waals surface area contributed by atoms with E-state index in [2.05, 4.69) is 20.2 Å². The van der Waals surface area contributed by atoms with Crippen LogP contribution in [0.2, 0.25) is 0 Å². The first-order valence-electron chi connectivity index (χ1n) is 6.22. The zero-order valence-corrected chi connectivity index (χ0v) is 10.4. The van der Waals surface area contributed by atoms with Crippen molar-refractivity contribution in [2.75, 3.05) is 13.1 Å². The van der Waals surface area contributed by atoms with Crippen LogP contribution in [0.5, 0.6) is 0 Å². The molecule has 0 atom stereocenters. The lowest BCUT2D eigenvalue weighted by Gasteiger charge is -2.23. The lowest BCUT2D eigenvalue weighted by atomic mass is 10.1. The van der Waals surface area contributed by atoms with Gasteiger partial charge in [0.05, 0.1) is 6.33 Å². The molecule has 0 radical (unpaired) electrons. The van der Waals surface area contributed by atoms with E-state index >= 15 is 0 Å². The Bertz CT molecular complexity index is 380. The highest BCUT2D eigenvalue weighted by atomic mass is 16.1. The fourth-order valence-electron chi connectivity index (χ4n) is 2.09. The first-order valence-corrected chi connectivity index (χ1v) is 6.22. The van der Waals surface area contributed by atoms with Crippen LogP contribution in [0, 0.1) is 0 Å². The van der Waals surface area contributed by atoms with Crippen molar-refractivity contribution in [2.45, 2.75) is 38.8 Å². The van der Waals surface area contributed by atoms with Crippen LogP contribution in [0.25, 0.3) is 0 Å². The van der Waals surface area contributed by atoms with Gasteiger partial charge in [-0.1, -0.05) is 0 Å². The molecule has 2 heterocycles. The minimum atomic E-state index is -0.0901. The van der Waals surface area contributed by atoms with Crippen molar-refractivity contribution in [2.24, 2.45) is 0 Å². The number of imidazole rings is 1. The van der Waals surface area contributed by atoms with Gasteiger partial charge in [0.15, 0.2) is 0 Å². The smallest absolute Gasteiger partial charge is 0.271 e. The highest BCUT2D eigenvalue weighted by Crippen LogP contribution is 2.18. The van der Waals surface area contributed by atoms with Gasteiger partial charge in [0.1, 0.15) is 5.69 Å². The van der Waals surface area contributed by atoms with Gasteiger partial charge in [-0.15, -0.1) is 0 Å². The van der Waals surface area contributed by atoms with Crippen LogP contribution in [0.4, 0.5) is 0 Å². The summed E-state index contributed by atoms with van der Waals surface area (Å²) in [4.78, 5) is 15.9. The molecule has 0 aliphatic carbocycles. The van der Waals surface area contributed by atoms with E-state index in [1.165, 1.54) is 0 Å². The quantitative estimate of drug-likeness (QED) is 0.821. The fourth-order valence-corrected chi connectivity index (χ4v) is 2.09. The highest BCUT2D eigenvalue weighted by Gasteiger charge is 2.17. The predicted molar refractivity (Wildman–Crippen MR) is 66.0 cm³/mol. The van der Waals surface area contributed by atoms with Gasteiger partial charge in [0, 0.05) is 18.3 Å². The van der Waals surface area contributed by atoms with Crippen molar-refractivity contribution in [3.8, 4) is 0 Å². The minimum absolute atomic E-state index is 0.0901. The molecule has 5 nitrogen and oxygen atoms in total. The van der Waals surface area contributed by atoms with Gasteiger partial charge >= 0.3 is 0 Å². The molecule has 1 aromatic rings. The number of carbonyl (C=O) groups is 1. The number of carbonyl (C=O) groups excluding carboxylic acids is 1. The van der Waals surface area contributed by atoms with E-state index in [4.69, 9.17) is 0 Å². The molecule has 1 fully saturated rings. The number of hydrogen-bond donors (Lipinski definition) is 2. The SMILES string of the molecule is CC(C)NC(=O)c1cn(C2CCNCC2)cn1. The maximum Gasteiger partial charge on any atom is 0.271 e. The highest BCUT2D eigenvalue weighted by molar-refractivity contribution is 5.92. The third kappa shape index (κ3) is 3.06. The lowest BCUT2D eigenvalue weighted by Crippen LogP contribution is -2.30. The number of nitrogens with zero attached hydrogens (tertiary/aromatic N) is 2. The third-order valence-corrected chi connectivity index (χ3v) is 2.98. The maximum absolute atomic E-state index is 11.8. The van der Waals surface area contributed by atoms with Crippen LogP contribution in [-0.2, 0) is 0 Å². The Morgan fingerprint density at radius 3 is 2.88 bits per heavy atom. The summed E-state index contributed by atoms with van der Waals surface area (Å²) < 4.78 is 2.07. The number of aromatic nitrogens is 2. The zero-order valence-electron chi connectivity index (χ0n) is 10.4. The number of hydrogen-bond acceptors (Lipinski definition) is 3. The topological polar surface area (TPSA) is 59.0 Å². The molecular formula is C12H20N4O. The Kier molecular flexibility index (Phi) is 3.78. The summed E-state index contributed by atoms with van der Waals surface area (Å²) in [5, 5.41) is 6.18. The van der Waals surface area contributed by atoms with Crippen LogP contribution >= 0.6 is 0 Å². The Morgan fingerprint density at radius 1 is 1.53 bits per heavy atom. The normalized spacial score (nSPS) is 17.4. The standard InChI is InChI=1S/C12H20N4O/c1-9(2)15-12(17)11-7-16(8-14-11)10-3-5-13-6-4-10/h7-10,13H,3-6H2,1-2H3,(H,15,17). The van der Waals surface area contributed by atoms with Crippen molar-refractivity contribution in [3.05, 3.63) is 18.2 Å². The lowest BCUT2D eigenvalue weighted by molar-refractivity contribution is 0.0938. The monoisotopic (exact) mass is 236 g/mol. The molecule has 0 bridgehead atoms. The maximum atomic E-state index is 11.8. The second-order valence-corrected chi connectivity index (χ2v) is 4.82. The second-order valence-electron chi connectivity index (χ2n) is 4.82. The summed E-state index contributed by atoms with van der Waals surface area (Å²) in [6.45, 7) is 5.97. The summed E-state index contributed by atoms with van der Waals surface area (Å²) in [6.07, 6.45) is 5.82. The Hall–Kier alpha value is -1.36. The Balaban J connectivity index is 2.02. The number of amides is 1. The molecule has 1 amide bonds. The number of nitrogens with one attached hydrogen (secondary N) is 2. The summed E-state index contributed by atoms with van der Waals surface area (Å²) in [5.41, 5.74) is 0.511. The largest absolute Gasteiger partial charge is 0.348 e. The Labute approximate surface area is 102 Å². The second kappa shape index (κ2) is 5.31. The van der Waals surface area contributed by atoms with E-state index in [1.807, 2.05) is 20.0 Å². The average Bonchev–Trinajstić information content (AvgIpc) is 2.78. The molecule has 0 spiro atoms. The van der Waals surface area contributed by atoms with E-state index in [0.717, 1.165) is 25.9 Å². The molecule has 0 aromatic carbocycles. The van der Waals surface area contributed by atoms with Crippen LogP contribution < -0.4 is 10.6 Å². The predicted octanol–water partition coefficient (Wildman–Crippen LogP) is 0.946. The van der Waals surface area contributed by atoms with Gasteiger partial charge in [-0.05, 0) is 39.8 Å². The molecule has 5 heteroatoms. The van der Waals surface area contributed by atoms with Gasteiger partial charge in [-0.2, -0.15) is 0 Å². The minimum Gasteiger partial charge on any atom is -0.348 e. The average molecular weight is 236 g/mol. The van der Waals surface area contributed by atoms with E-state index < -0.39 is 0 Å².